The Morgan fingerprint density at radius 2 is 2.04 bits per heavy atom. The quantitative estimate of drug-likeness (QED) is 0.813. The van der Waals surface area contributed by atoms with Gasteiger partial charge in [0.05, 0.1) is 12.6 Å². The summed E-state index contributed by atoms with van der Waals surface area (Å²) in [6.07, 6.45) is 7.06. The lowest BCUT2D eigenvalue weighted by atomic mass is 10.2. The van der Waals surface area contributed by atoms with Crippen molar-refractivity contribution in [2.24, 2.45) is 0 Å². The number of halogens is 1. The van der Waals surface area contributed by atoms with Crippen molar-refractivity contribution in [2.45, 2.75) is 12.5 Å². The first-order chi connectivity index (χ1) is 11.3. The molecule has 23 heavy (non-hydrogen) atoms. The Labute approximate surface area is 134 Å². The van der Waals surface area contributed by atoms with Crippen LogP contribution in [-0.2, 0) is 0 Å². The number of aromatic nitrogens is 2. The Hall–Kier alpha value is -2.21. The van der Waals surface area contributed by atoms with Gasteiger partial charge in [-0.05, 0) is 12.5 Å². The second-order valence-electron chi connectivity index (χ2n) is 6.02. The van der Waals surface area contributed by atoms with Crippen LogP contribution in [-0.4, -0.2) is 54.2 Å². The molecule has 0 bridgehead atoms. The molecule has 0 amide bonds. The maximum absolute atomic E-state index is 13.9. The molecule has 1 aromatic carbocycles. The minimum absolute atomic E-state index is 0.230. The van der Waals surface area contributed by atoms with Crippen molar-refractivity contribution in [2.75, 3.05) is 38.2 Å². The second kappa shape index (κ2) is 5.77. The molecule has 0 radical (unpaired) electrons. The van der Waals surface area contributed by atoms with E-state index in [4.69, 9.17) is 4.74 Å². The van der Waals surface area contributed by atoms with Crippen LogP contribution in [0.15, 0.2) is 30.6 Å². The molecular formula is C17H19FN4O. The summed E-state index contributed by atoms with van der Waals surface area (Å²) in [5, 5.41) is 0.839. The first-order valence-corrected chi connectivity index (χ1v) is 7.88. The Morgan fingerprint density at radius 3 is 2.83 bits per heavy atom. The molecule has 0 N–H and O–H groups in total. The van der Waals surface area contributed by atoms with Gasteiger partial charge in [-0.25, -0.2) is 14.4 Å². The predicted molar refractivity (Wildman–Crippen MR) is 87.4 cm³/mol. The van der Waals surface area contributed by atoms with E-state index in [0.717, 1.165) is 43.8 Å². The Balaban J connectivity index is 1.66. The highest BCUT2D eigenvalue weighted by molar-refractivity contribution is 5.90. The molecule has 2 aliphatic rings. The van der Waals surface area contributed by atoms with Crippen molar-refractivity contribution >= 4 is 16.7 Å². The average Bonchev–Trinajstić information content (AvgIpc) is 3.24. The zero-order chi connectivity index (χ0) is 15.8. The van der Waals surface area contributed by atoms with Crippen LogP contribution in [0.2, 0.25) is 0 Å². The summed E-state index contributed by atoms with van der Waals surface area (Å²) in [4.78, 5) is 13.4. The largest absolute Gasteiger partial charge is 0.494 e. The van der Waals surface area contributed by atoms with Gasteiger partial charge in [0, 0.05) is 43.7 Å². The molecule has 1 atom stereocenters. The Kier molecular flexibility index (Phi) is 3.61. The highest BCUT2D eigenvalue weighted by atomic mass is 19.1. The molecule has 0 spiro atoms. The predicted octanol–water partition coefficient (Wildman–Crippen LogP) is 2.23. The van der Waals surface area contributed by atoms with Gasteiger partial charge in [0.25, 0.3) is 0 Å². The molecule has 3 heterocycles. The maximum atomic E-state index is 13.9. The molecule has 2 aliphatic heterocycles. The molecule has 5 nitrogen and oxygen atoms in total. The topological polar surface area (TPSA) is 41.5 Å². The van der Waals surface area contributed by atoms with Crippen molar-refractivity contribution < 1.29 is 9.13 Å². The number of anilines is 1. The summed E-state index contributed by atoms with van der Waals surface area (Å²) >= 11 is 0. The van der Waals surface area contributed by atoms with Gasteiger partial charge in [-0.1, -0.05) is 12.2 Å². The number of fused-ring (bicyclic) bond motifs is 1. The summed E-state index contributed by atoms with van der Waals surface area (Å²) in [5.74, 6) is 0.697. The number of benzene rings is 1. The van der Waals surface area contributed by atoms with Crippen LogP contribution in [0.1, 0.15) is 6.42 Å². The first kappa shape index (κ1) is 14.4. The average molecular weight is 314 g/mol. The smallest absolute Gasteiger partial charge is 0.167 e. The summed E-state index contributed by atoms with van der Waals surface area (Å²) in [6.45, 7) is 3.95. The molecule has 2 aromatic rings. The number of rotatable bonds is 3. The van der Waals surface area contributed by atoms with Gasteiger partial charge in [-0.2, -0.15) is 0 Å². The van der Waals surface area contributed by atoms with Crippen molar-refractivity contribution in [3.8, 4) is 5.75 Å². The van der Waals surface area contributed by atoms with E-state index in [1.54, 1.807) is 6.07 Å². The SMILES string of the molecule is COc1cc2c(N3CCC(N4CC=CC4)C3)ncnc2cc1F. The van der Waals surface area contributed by atoms with Crippen LogP contribution in [0.25, 0.3) is 10.9 Å². The lowest BCUT2D eigenvalue weighted by Gasteiger charge is -2.24. The highest BCUT2D eigenvalue weighted by Crippen LogP contribution is 2.31. The van der Waals surface area contributed by atoms with Crippen LogP contribution in [0.3, 0.4) is 0 Å². The van der Waals surface area contributed by atoms with Gasteiger partial charge < -0.3 is 9.64 Å². The van der Waals surface area contributed by atoms with Crippen molar-refractivity contribution in [1.29, 1.82) is 0 Å². The van der Waals surface area contributed by atoms with Crippen molar-refractivity contribution in [1.82, 2.24) is 14.9 Å². The van der Waals surface area contributed by atoms with E-state index in [1.807, 2.05) is 0 Å². The summed E-state index contributed by atoms with van der Waals surface area (Å²) in [7, 11) is 1.47. The highest BCUT2D eigenvalue weighted by Gasteiger charge is 2.29. The fourth-order valence-electron chi connectivity index (χ4n) is 3.48. The molecule has 4 rings (SSSR count). The molecule has 1 aromatic heterocycles. The zero-order valence-electron chi connectivity index (χ0n) is 13.1. The van der Waals surface area contributed by atoms with E-state index < -0.39 is 5.82 Å². The number of hydrogen-bond acceptors (Lipinski definition) is 5. The van der Waals surface area contributed by atoms with Crippen LogP contribution in [0.4, 0.5) is 10.2 Å². The monoisotopic (exact) mass is 314 g/mol. The first-order valence-electron chi connectivity index (χ1n) is 7.88. The zero-order valence-corrected chi connectivity index (χ0v) is 13.1. The van der Waals surface area contributed by atoms with E-state index in [0.29, 0.717) is 11.6 Å². The third kappa shape index (κ3) is 2.53. The van der Waals surface area contributed by atoms with Gasteiger partial charge >= 0.3 is 0 Å². The minimum Gasteiger partial charge on any atom is -0.494 e. The minimum atomic E-state index is -0.396. The molecule has 0 saturated carbocycles. The lowest BCUT2D eigenvalue weighted by molar-refractivity contribution is 0.271. The number of nitrogens with zero attached hydrogens (tertiary/aromatic N) is 4. The summed E-state index contributed by atoms with van der Waals surface area (Å²) in [5.41, 5.74) is 0.611. The van der Waals surface area contributed by atoms with E-state index in [9.17, 15) is 4.39 Å². The Morgan fingerprint density at radius 1 is 1.22 bits per heavy atom. The third-order valence-electron chi connectivity index (χ3n) is 4.71. The standard InChI is InChI=1S/C17H19FN4O/c1-23-16-8-13-15(9-14(16)18)19-11-20-17(13)22-7-4-12(10-22)21-5-2-3-6-21/h2-3,8-9,11-12H,4-7,10H2,1H3. The van der Waals surface area contributed by atoms with Crippen molar-refractivity contribution in [3.63, 3.8) is 0 Å². The fraction of sp³-hybridized carbons (Fsp3) is 0.412. The van der Waals surface area contributed by atoms with Gasteiger partial charge in [0.1, 0.15) is 12.1 Å². The normalized spacial score (nSPS) is 21.5. The van der Waals surface area contributed by atoms with E-state index in [1.165, 1.54) is 19.5 Å². The molecule has 1 unspecified atom stereocenters. The third-order valence-corrected chi connectivity index (χ3v) is 4.71. The molecular weight excluding hydrogens is 295 g/mol. The van der Waals surface area contributed by atoms with E-state index in [-0.39, 0.29) is 5.75 Å². The van der Waals surface area contributed by atoms with E-state index in [2.05, 4.69) is 31.9 Å². The van der Waals surface area contributed by atoms with Crippen LogP contribution in [0, 0.1) is 5.82 Å². The maximum Gasteiger partial charge on any atom is 0.167 e. The van der Waals surface area contributed by atoms with Crippen molar-refractivity contribution in [3.05, 3.63) is 36.4 Å². The molecule has 0 aliphatic carbocycles. The Bertz CT molecular complexity index is 756. The van der Waals surface area contributed by atoms with Crippen LogP contribution >= 0.6 is 0 Å². The molecule has 120 valence electrons. The van der Waals surface area contributed by atoms with Crippen LogP contribution in [0.5, 0.6) is 5.75 Å². The summed E-state index contributed by atoms with van der Waals surface area (Å²) in [6, 6.07) is 3.65. The van der Waals surface area contributed by atoms with Gasteiger partial charge in [-0.3, -0.25) is 4.90 Å². The van der Waals surface area contributed by atoms with Gasteiger partial charge in [0.2, 0.25) is 0 Å². The fourth-order valence-corrected chi connectivity index (χ4v) is 3.48. The number of ether oxygens (including phenoxy) is 1. The lowest BCUT2D eigenvalue weighted by Crippen LogP contribution is -2.35. The van der Waals surface area contributed by atoms with Gasteiger partial charge in [0.15, 0.2) is 11.6 Å². The number of hydrogen-bond donors (Lipinski definition) is 0. The summed E-state index contributed by atoms with van der Waals surface area (Å²) < 4.78 is 19.0. The van der Waals surface area contributed by atoms with Gasteiger partial charge in [-0.15, -0.1) is 0 Å². The van der Waals surface area contributed by atoms with Crippen LogP contribution < -0.4 is 9.64 Å². The second-order valence-corrected chi connectivity index (χ2v) is 6.02. The molecule has 1 fully saturated rings. The molecule has 1 saturated heterocycles. The number of methoxy groups -OCH3 is 1. The van der Waals surface area contributed by atoms with E-state index >= 15 is 0 Å². The molecule has 6 heteroatoms.